The summed E-state index contributed by atoms with van der Waals surface area (Å²) in [6.45, 7) is 4.78. The van der Waals surface area contributed by atoms with Crippen LogP contribution < -0.4 is 4.74 Å². The molecule has 0 spiro atoms. The van der Waals surface area contributed by atoms with E-state index in [2.05, 4.69) is 64.5 Å². The van der Waals surface area contributed by atoms with Crippen molar-refractivity contribution in [3.8, 4) is 5.75 Å². The van der Waals surface area contributed by atoms with Crippen LogP contribution >= 0.6 is 0 Å². The zero-order valence-electron chi connectivity index (χ0n) is 18.6. The smallest absolute Gasteiger partial charge is 0.128 e. The molecule has 0 atom stereocenters. The average Bonchev–Trinajstić information content (AvgIpc) is 3.37. The Labute approximate surface area is 187 Å². The summed E-state index contributed by atoms with van der Waals surface area (Å²) in [5.41, 5.74) is 7.18. The van der Waals surface area contributed by atoms with E-state index in [1.54, 1.807) is 0 Å². The van der Waals surface area contributed by atoms with Gasteiger partial charge in [0.1, 0.15) is 11.6 Å². The first kappa shape index (κ1) is 20.3. The molecule has 3 heterocycles. The van der Waals surface area contributed by atoms with E-state index in [0.29, 0.717) is 6.61 Å². The van der Waals surface area contributed by atoms with Gasteiger partial charge in [0.15, 0.2) is 0 Å². The molecule has 3 aromatic heterocycles. The molecule has 0 fully saturated rings. The molecule has 0 radical (unpaired) electrons. The third-order valence-corrected chi connectivity index (χ3v) is 5.92. The van der Waals surface area contributed by atoms with Crippen LogP contribution in [0.15, 0.2) is 60.9 Å². The SMILES string of the molecule is CCOc1ccc2[nH]cc(CCCc3nccc(Cc4cccc5[nH]c(C)cc45)n3)c2c1. The molecular weight excluding hydrogens is 396 g/mol. The minimum Gasteiger partial charge on any atom is -0.494 e. The van der Waals surface area contributed by atoms with Crippen molar-refractivity contribution < 1.29 is 4.74 Å². The van der Waals surface area contributed by atoms with E-state index in [1.165, 1.54) is 33.1 Å². The van der Waals surface area contributed by atoms with Crippen molar-refractivity contribution in [1.29, 1.82) is 0 Å². The van der Waals surface area contributed by atoms with Crippen LogP contribution in [0.3, 0.4) is 0 Å². The van der Waals surface area contributed by atoms with Crippen LogP contribution in [0, 0.1) is 6.92 Å². The fraction of sp³-hybridized carbons (Fsp3) is 0.259. The number of ether oxygens (including phenoxy) is 1. The van der Waals surface area contributed by atoms with Gasteiger partial charge < -0.3 is 14.7 Å². The Hall–Kier alpha value is -3.60. The average molecular weight is 425 g/mol. The Morgan fingerprint density at radius 2 is 1.84 bits per heavy atom. The zero-order valence-corrected chi connectivity index (χ0v) is 18.6. The fourth-order valence-corrected chi connectivity index (χ4v) is 4.42. The largest absolute Gasteiger partial charge is 0.494 e. The lowest BCUT2D eigenvalue weighted by atomic mass is 10.0. The monoisotopic (exact) mass is 424 g/mol. The summed E-state index contributed by atoms with van der Waals surface area (Å²) < 4.78 is 5.67. The third-order valence-electron chi connectivity index (χ3n) is 5.92. The summed E-state index contributed by atoms with van der Waals surface area (Å²) in [5, 5.41) is 2.51. The number of hydrogen-bond acceptors (Lipinski definition) is 3. The number of aromatic amines is 2. The van der Waals surface area contributed by atoms with Gasteiger partial charge in [-0.2, -0.15) is 0 Å². The van der Waals surface area contributed by atoms with E-state index < -0.39 is 0 Å². The molecule has 5 heteroatoms. The lowest BCUT2D eigenvalue weighted by molar-refractivity contribution is 0.340. The van der Waals surface area contributed by atoms with Gasteiger partial charge in [-0.1, -0.05) is 12.1 Å². The molecule has 0 saturated heterocycles. The molecule has 0 aliphatic heterocycles. The van der Waals surface area contributed by atoms with E-state index in [9.17, 15) is 0 Å². The van der Waals surface area contributed by atoms with Crippen molar-refractivity contribution >= 4 is 21.8 Å². The Balaban J connectivity index is 1.26. The van der Waals surface area contributed by atoms with Crippen LogP contribution in [-0.2, 0) is 19.3 Å². The molecule has 0 aliphatic rings. The van der Waals surface area contributed by atoms with Crippen molar-refractivity contribution in [3.63, 3.8) is 0 Å². The number of fused-ring (bicyclic) bond motifs is 2. The molecule has 5 nitrogen and oxygen atoms in total. The van der Waals surface area contributed by atoms with Crippen molar-refractivity contribution in [2.75, 3.05) is 6.61 Å². The van der Waals surface area contributed by atoms with E-state index in [-0.39, 0.29) is 0 Å². The number of rotatable bonds is 8. The van der Waals surface area contributed by atoms with Gasteiger partial charge in [-0.05, 0) is 74.2 Å². The quantitative estimate of drug-likeness (QED) is 0.325. The predicted octanol–water partition coefficient (Wildman–Crippen LogP) is 5.91. The second-order valence-electron chi connectivity index (χ2n) is 8.28. The summed E-state index contributed by atoms with van der Waals surface area (Å²) in [7, 11) is 0. The number of nitrogens with one attached hydrogen (secondary N) is 2. The van der Waals surface area contributed by atoms with Gasteiger partial charge in [-0.15, -0.1) is 0 Å². The third kappa shape index (κ3) is 4.24. The normalized spacial score (nSPS) is 11.4. The molecule has 0 saturated carbocycles. The topological polar surface area (TPSA) is 66.6 Å². The Kier molecular flexibility index (Phi) is 5.63. The van der Waals surface area contributed by atoms with Crippen LogP contribution in [-0.4, -0.2) is 26.5 Å². The van der Waals surface area contributed by atoms with Gasteiger partial charge in [0.05, 0.1) is 6.61 Å². The van der Waals surface area contributed by atoms with Crippen LogP contribution in [0.4, 0.5) is 0 Å². The van der Waals surface area contributed by atoms with E-state index in [4.69, 9.17) is 9.72 Å². The molecule has 0 unspecified atom stereocenters. The van der Waals surface area contributed by atoms with Crippen LogP contribution in [0.25, 0.3) is 21.8 Å². The highest BCUT2D eigenvalue weighted by Gasteiger charge is 2.09. The van der Waals surface area contributed by atoms with E-state index in [1.807, 2.05) is 25.3 Å². The van der Waals surface area contributed by atoms with Crippen molar-refractivity contribution in [2.45, 2.75) is 39.5 Å². The maximum atomic E-state index is 5.67. The number of benzene rings is 2. The van der Waals surface area contributed by atoms with E-state index in [0.717, 1.165) is 48.5 Å². The lowest BCUT2D eigenvalue weighted by Crippen LogP contribution is -2.01. The molecule has 2 N–H and O–H groups in total. The highest BCUT2D eigenvalue weighted by Crippen LogP contribution is 2.25. The second-order valence-corrected chi connectivity index (χ2v) is 8.28. The molecule has 5 rings (SSSR count). The summed E-state index contributed by atoms with van der Waals surface area (Å²) in [5.74, 6) is 1.83. The fourth-order valence-electron chi connectivity index (χ4n) is 4.42. The number of nitrogens with zero attached hydrogens (tertiary/aromatic N) is 2. The van der Waals surface area contributed by atoms with Crippen molar-refractivity contribution in [2.24, 2.45) is 0 Å². The minimum absolute atomic E-state index is 0.678. The standard InChI is InChI=1S/C27H28N4O/c1-3-32-22-10-11-25-24(16-22)20(17-29-25)7-5-9-27-28-13-12-21(31-27)15-19-6-4-8-26-23(19)14-18(2)30-26/h4,6,8,10-14,16-17,29-30H,3,5,7,9,15H2,1-2H3. The summed E-state index contributed by atoms with van der Waals surface area (Å²) in [4.78, 5) is 16.2. The predicted molar refractivity (Wildman–Crippen MR) is 129 cm³/mol. The number of aromatic nitrogens is 4. The Bertz CT molecular complexity index is 1360. The molecule has 5 aromatic rings. The molecule has 0 bridgehead atoms. The first-order valence-electron chi connectivity index (χ1n) is 11.3. The second kappa shape index (κ2) is 8.87. The van der Waals surface area contributed by atoms with Gasteiger partial charge in [-0.25, -0.2) is 9.97 Å². The van der Waals surface area contributed by atoms with Crippen molar-refractivity contribution in [1.82, 2.24) is 19.9 Å². The van der Waals surface area contributed by atoms with E-state index >= 15 is 0 Å². The maximum absolute atomic E-state index is 5.67. The maximum Gasteiger partial charge on any atom is 0.128 e. The number of H-pyrrole nitrogens is 2. The van der Waals surface area contributed by atoms with Gasteiger partial charge >= 0.3 is 0 Å². The summed E-state index contributed by atoms with van der Waals surface area (Å²) in [6, 6.07) is 16.9. The molecule has 32 heavy (non-hydrogen) atoms. The van der Waals surface area contributed by atoms with Gasteiger partial charge in [0.25, 0.3) is 0 Å². The highest BCUT2D eigenvalue weighted by atomic mass is 16.5. The number of aryl methyl sites for hydroxylation is 3. The highest BCUT2D eigenvalue weighted by molar-refractivity contribution is 5.85. The van der Waals surface area contributed by atoms with Crippen LogP contribution in [0.1, 0.15) is 41.7 Å². The van der Waals surface area contributed by atoms with Gasteiger partial charge in [0, 0.05) is 58.4 Å². The van der Waals surface area contributed by atoms with Gasteiger partial charge in [0.2, 0.25) is 0 Å². The summed E-state index contributed by atoms with van der Waals surface area (Å²) >= 11 is 0. The minimum atomic E-state index is 0.678. The molecule has 2 aromatic carbocycles. The first-order valence-corrected chi connectivity index (χ1v) is 11.3. The lowest BCUT2D eigenvalue weighted by Gasteiger charge is -2.06. The molecule has 0 aliphatic carbocycles. The molecular formula is C27H28N4O. The number of hydrogen-bond donors (Lipinski definition) is 2. The van der Waals surface area contributed by atoms with Crippen molar-refractivity contribution in [3.05, 3.63) is 89.3 Å². The molecule has 0 amide bonds. The first-order chi connectivity index (χ1) is 15.7. The molecule has 162 valence electrons. The summed E-state index contributed by atoms with van der Waals surface area (Å²) in [6.07, 6.45) is 7.65. The van der Waals surface area contributed by atoms with Crippen LogP contribution in [0.2, 0.25) is 0 Å². The van der Waals surface area contributed by atoms with Crippen LogP contribution in [0.5, 0.6) is 5.75 Å². The Morgan fingerprint density at radius 3 is 2.75 bits per heavy atom. The Morgan fingerprint density at radius 1 is 0.938 bits per heavy atom. The van der Waals surface area contributed by atoms with Gasteiger partial charge in [-0.3, -0.25) is 0 Å². The zero-order chi connectivity index (χ0) is 21.9.